The minimum atomic E-state index is -0.427. The molecule has 1 heterocycles. The highest BCUT2D eigenvalue weighted by Gasteiger charge is 2.13. The van der Waals surface area contributed by atoms with Crippen molar-refractivity contribution >= 4 is 29.3 Å². The molecular weight excluding hydrogens is 371 g/mol. The van der Waals surface area contributed by atoms with Gasteiger partial charge in [-0.1, -0.05) is 18.2 Å². The molecule has 1 unspecified atom stereocenters. The molecule has 0 spiro atoms. The second-order valence-corrected chi connectivity index (χ2v) is 6.27. The predicted molar refractivity (Wildman–Crippen MR) is 106 cm³/mol. The maximum Gasteiger partial charge on any atom is 0.354 e. The molecule has 0 radical (unpaired) electrons. The van der Waals surface area contributed by atoms with Crippen LogP contribution < -0.4 is 5.73 Å². The van der Waals surface area contributed by atoms with Crippen LogP contribution in [0.25, 0.3) is 22.0 Å². The molecule has 0 saturated carbocycles. The molecule has 0 aliphatic carbocycles. The number of halogens is 2. The number of methoxy groups -OCH3 is 1. The molecule has 0 amide bonds. The summed E-state index contributed by atoms with van der Waals surface area (Å²) in [6.45, 7) is 0.218. The van der Waals surface area contributed by atoms with Gasteiger partial charge in [-0.3, -0.25) is 0 Å². The quantitative estimate of drug-likeness (QED) is 0.561. The number of nitrogens with two attached hydrogens (primary N) is 1. The van der Waals surface area contributed by atoms with Crippen LogP contribution in [0, 0.1) is 11.7 Å². The molecule has 5 nitrogen and oxygen atoms in total. The zero-order valence-corrected chi connectivity index (χ0v) is 15.7. The summed E-state index contributed by atoms with van der Waals surface area (Å²) in [5.74, 6) is -0.911. The highest BCUT2D eigenvalue weighted by Crippen LogP contribution is 2.27. The SMILES string of the molecule is COC(=O)c1cc2ccc(-c3ccc(F)c(CC(CN)CO)c3)cc2[nH]1.Cl. The van der Waals surface area contributed by atoms with E-state index in [2.05, 4.69) is 4.98 Å². The maximum atomic E-state index is 14.1. The summed E-state index contributed by atoms with van der Waals surface area (Å²) < 4.78 is 18.8. The Kier molecular flexibility index (Phi) is 6.96. The van der Waals surface area contributed by atoms with E-state index in [0.29, 0.717) is 24.2 Å². The first-order valence-corrected chi connectivity index (χ1v) is 8.36. The van der Waals surface area contributed by atoms with Crippen LogP contribution >= 0.6 is 12.4 Å². The van der Waals surface area contributed by atoms with Gasteiger partial charge in [0.1, 0.15) is 11.5 Å². The van der Waals surface area contributed by atoms with Crippen molar-refractivity contribution in [2.75, 3.05) is 20.3 Å². The molecule has 0 aliphatic rings. The van der Waals surface area contributed by atoms with E-state index in [-0.39, 0.29) is 30.7 Å². The van der Waals surface area contributed by atoms with Crippen LogP contribution in [0.1, 0.15) is 16.1 Å². The minimum Gasteiger partial charge on any atom is -0.464 e. The molecule has 0 bridgehead atoms. The molecule has 3 aromatic rings. The summed E-state index contributed by atoms with van der Waals surface area (Å²) in [5, 5.41) is 10.2. The highest BCUT2D eigenvalue weighted by atomic mass is 35.5. The Labute approximate surface area is 162 Å². The van der Waals surface area contributed by atoms with E-state index < -0.39 is 5.97 Å². The number of aromatic amines is 1. The fourth-order valence-corrected chi connectivity index (χ4v) is 2.97. The normalized spacial score (nSPS) is 11.9. The van der Waals surface area contributed by atoms with Crippen LogP contribution in [-0.2, 0) is 11.2 Å². The van der Waals surface area contributed by atoms with Crippen molar-refractivity contribution in [3.05, 3.63) is 59.5 Å². The van der Waals surface area contributed by atoms with Crippen LogP contribution in [0.15, 0.2) is 42.5 Å². The summed E-state index contributed by atoms with van der Waals surface area (Å²) >= 11 is 0. The number of fused-ring (bicyclic) bond motifs is 1. The first-order valence-electron chi connectivity index (χ1n) is 8.36. The molecule has 0 aliphatic heterocycles. The summed E-state index contributed by atoms with van der Waals surface area (Å²) in [6, 6.07) is 12.4. The summed E-state index contributed by atoms with van der Waals surface area (Å²) in [5.41, 5.74) is 9.05. The number of ether oxygens (including phenoxy) is 1. The monoisotopic (exact) mass is 392 g/mol. The smallest absolute Gasteiger partial charge is 0.354 e. The lowest BCUT2D eigenvalue weighted by Gasteiger charge is -2.13. The van der Waals surface area contributed by atoms with Crippen LogP contribution in [0.2, 0.25) is 0 Å². The summed E-state index contributed by atoms with van der Waals surface area (Å²) in [6.07, 6.45) is 0.379. The van der Waals surface area contributed by atoms with Gasteiger partial charge in [0.15, 0.2) is 0 Å². The van der Waals surface area contributed by atoms with Crippen LogP contribution in [0.4, 0.5) is 4.39 Å². The number of aromatic nitrogens is 1. The maximum absolute atomic E-state index is 14.1. The molecule has 144 valence electrons. The average molecular weight is 393 g/mol. The van der Waals surface area contributed by atoms with E-state index in [1.54, 1.807) is 18.2 Å². The molecule has 0 fully saturated rings. The van der Waals surface area contributed by atoms with Gasteiger partial charge in [-0.05, 0) is 59.8 Å². The predicted octanol–water partition coefficient (Wildman–Crippen LogP) is 3.29. The number of aliphatic hydroxyl groups excluding tert-OH is 1. The number of H-pyrrole nitrogens is 1. The van der Waals surface area contributed by atoms with E-state index in [4.69, 9.17) is 10.5 Å². The number of hydrogen-bond donors (Lipinski definition) is 3. The molecule has 2 aromatic carbocycles. The van der Waals surface area contributed by atoms with Crippen molar-refractivity contribution in [3.8, 4) is 11.1 Å². The van der Waals surface area contributed by atoms with Crippen molar-refractivity contribution in [2.45, 2.75) is 6.42 Å². The van der Waals surface area contributed by atoms with Gasteiger partial charge in [0, 0.05) is 17.5 Å². The lowest BCUT2D eigenvalue weighted by molar-refractivity contribution is 0.0595. The van der Waals surface area contributed by atoms with E-state index in [1.807, 2.05) is 18.2 Å². The molecule has 7 heteroatoms. The van der Waals surface area contributed by atoms with Crippen LogP contribution in [0.5, 0.6) is 0 Å². The first kappa shape index (κ1) is 20.9. The molecule has 1 atom stereocenters. The van der Waals surface area contributed by atoms with Crippen LogP contribution in [0.3, 0.4) is 0 Å². The zero-order chi connectivity index (χ0) is 18.7. The Hall–Kier alpha value is -2.41. The number of carbonyl (C=O) groups excluding carboxylic acids is 1. The van der Waals surface area contributed by atoms with Crippen molar-refractivity contribution in [1.82, 2.24) is 4.98 Å². The molecule has 4 N–H and O–H groups in total. The Balaban J connectivity index is 0.00000261. The number of benzene rings is 2. The van der Waals surface area contributed by atoms with Crippen LogP contribution in [-0.4, -0.2) is 36.3 Å². The summed E-state index contributed by atoms with van der Waals surface area (Å²) in [4.78, 5) is 14.7. The number of nitrogens with one attached hydrogen (secondary N) is 1. The van der Waals surface area contributed by atoms with Gasteiger partial charge in [-0.25, -0.2) is 9.18 Å². The number of rotatable bonds is 6. The lowest BCUT2D eigenvalue weighted by atomic mass is 9.95. The van der Waals surface area contributed by atoms with Gasteiger partial charge in [-0.2, -0.15) is 0 Å². The number of esters is 1. The largest absolute Gasteiger partial charge is 0.464 e. The Morgan fingerprint density at radius 2 is 1.93 bits per heavy atom. The molecule has 0 saturated heterocycles. The van der Waals surface area contributed by atoms with Gasteiger partial charge in [-0.15, -0.1) is 12.4 Å². The van der Waals surface area contributed by atoms with Gasteiger partial charge >= 0.3 is 5.97 Å². The zero-order valence-electron chi connectivity index (χ0n) is 14.9. The standard InChI is InChI=1S/C20H21FN2O3.ClH/c1-26-20(25)19-9-15-3-2-14(8-18(15)23-19)13-4-5-17(21)16(7-13)6-12(10-22)11-24;/h2-5,7-9,12,23-24H,6,10-11,22H2,1H3;1H. The topological polar surface area (TPSA) is 88.3 Å². The second kappa shape index (κ2) is 8.99. The molecule has 1 aromatic heterocycles. The highest BCUT2D eigenvalue weighted by molar-refractivity contribution is 5.96. The molecule has 3 rings (SSSR count). The number of aliphatic hydroxyl groups is 1. The van der Waals surface area contributed by atoms with Crippen molar-refractivity contribution in [3.63, 3.8) is 0 Å². The fraction of sp³-hybridized carbons (Fsp3) is 0.250. The Bertz CT molecular complexity index is 938. The number of hydrogen-bond acceptors (Lipinski definition) is 4. The Morgan fingerprint density at radius 3 is 2.59 bits per heavy atom. The number of carbonyl (C=O) groups is 1. The van der Waals surface area contributed by atoms with E-state index in [1.165, 1.54) is 13.2 Å². The van der Waals surface area contributed by atoms with E-state index >= 15 is 0 Å². The van der Waals surface area contributed by atoms with Crippen molar-refractivity contribution in [2.24, 2.45) is 11.7 Å². The summed E-state index contributed by atoms with van der Waals surface area (Å²) in [7, 11) is 1.33. The van der Waals surface area contributed by atoms with E-state index in [9.17, 15) is 14.3 Å². The van der Waals surface area contributed by atoms with E-state index in [0.717, 1.165) is 22.0 Å². The third kappa shape index (κ3) is 4.47. The Morgan fingerprint density at radius 1 is 1.22 bits per heavy atom. The first-order chi connectivity index (χ1) is 12.5. The second-order valence-electron chi connectivity index (χ2n) is 6.27. The third-order valence-corrected chi connectivity index (χ3v) is 4.51. The molecule has 27 heavy (non-hydrogen) atoms. The van der Waals surface area contributed by atoms with Gasteiger partial charge in [0.25, 0.3) is 0 Å². The van der Waals surface area contributed by atoms with Gasteiger partial charge in [0.2, 0.25) is 0 Å². The molecular formula is C20H22ClFN2O3. The van der Waals surface area contributed by atoms with Gasteiger partial charge < -0.3 is 20.6 Å². The minimum absolute atomic E-state index is 0. The van der Waals surface area contributed by atoms with Crippen molar-refractivity contribution in [1.29, 1.82) is 0 Å². The van der Waals surface area contributed by atoms with Crippen molar-refractivity contribution < 1.29 is 19.0 Å². The van der Waals surface area contributed by atoms with Gasteiger partial charge in [0.05, 0.1) is 7.11 Å². The third-order valence-electron chi connectivity index (χ3n) is 4.51. The average Bonchev–Trinajstić information content (AvgIpc) is 3.10. The fourth-order valence-electron chi connectivity index (χ4n) is 2.97. The lowest BCUT2D eigenvalue weighted by Crippen LogP contribution is -2.20.